The summed E-state index contributed by atoms with van der Waals surface area (Å²) in [5, 5.41) is 2.91. The molecule has 1 fully saturated rings. The number of alkyl halides is 3. The number of hydrogen-bond acceptors (Lipinski definition) is 4. The van der Waals surface area contributed by atoms with Crippen LogP contribution in [-0.4, -0.2) is 44.3 Å². The van der Waals surface area contributed by atoms with Crippen molar-refractivity contribution >= 4 is 17.7 Å². The van der Waals surface area contributed by atoms with Gasteiger partial charge in [0.25, 0.3) is 5.91 Å². The molecule has 1 heterocycles. The van der Waals surface area contributed by atoms with Gasteiger partial charge in [-0.05, 0) is 62.5 Å². The van der Waals surface area contributed by atoms with E-state index >= 15 is 0 Å². The number of amides is 1. The first-order valence-electron chi connectivity index (χ1n) is 9.80. The van der Waals surface area contributed by atoms with E-state index in [1.165, 1.54) is 13.2 Å². The van der Waals surface area contributed by atoms with Gasteiger partial charge in [0.1, 0.15) is 5.75 Å². The number of likely N-dealkylation sites (tertiary alicyclic amines) is 1. The number of piperidine rings is 1. The molecule has 1 unspecified atom stereocenters. The normalized spacial score (nSPS) is 19.6. The Balaban J connectivity index is 2.08. The number of rotatable bonds is 5. The second-order valence-electron chi connectivity index (χ2n) is 7.76. The van der Waals surface area contributed by atoms with E-state index in [4.69, 9.17) is 4.74 Å². The first kappa shape index (κ1) is 24.3. The summed E-state index contributed by atoms with van der Waals surface area (Å²) in [6, 6.07) is 5.15. The Labute approximate surface area is 187 Å². The van der Waals surface area contributed by atoms with Gasteiger partial charge in [0.05, 0.1) is 23.8 Å². The molecular weight excluding hydrogens is 451 g/mol. The molecule has 1 aliphatic rings. The van der Waals surface area contributed by atoms with E-state index in [1.807, 2.05) is 11.9 Å². The number of likely N-dealkylation sites (N-methyl/N-ethyl adjacent to an activating group) is 1. The van der Waals surface area contributed by atoms with E-state index in [2.05, 4.69) is 5.32 Å². The summed E-state index contributed by atoms with van der Waals surface area (Å²) in [6.45, 7) is 1.07. The Morgan fingerprint density at radius 1 is 1.19 bits per heavy atom. The van der Waals surface area contributed by atoms with Crippen molar-refractivity contribution in [1.82, 2.24) is 10.2 Å². The molecule has 2 aromatic carbocycles. The number of halogens is 5. The summed E-state index contributed by atoms with van der Waals surface area (Å²) >= 11 is 0.984. The predicted molar refractivity (Wildman–Crippen MR) is 112 cm³/mol. The largest absolute Gasteiger partial charge is 0.496 e. The monoisotopic (exact) mass is 474 g/mol. The number of carbonyl (C=O) groups excluding carboxylic acids is 1. The lowest BCUT2D eigenvalue weighted by Crippen LogP contribution is -2.55. The zero-order chi connectivity index (χ0) is 23.7. The van der Waals surface area contributed by atoms with Crippen LogP contribution in [0.15, 0.2) is 35.2 Å². The van der Waals surface area contributed by atoms with Gasteiger partial charge in [-0.15, -0.1) is 11.8 Å². The van der Waals surface area contributed by atoms with E-state index in [-0.39, 0.29) is 16.2 Å². The average molecular weight is 474 g/mol. The molecule has 3 rings (SSSR count). The lowest BCUT2D eigenvalue weighted by Gasteiger charge is -2.42. The van der Waals surface area contributed by atoms with E-state index in [9.17, 15) is 26.7 Å². The number of carbonyl (C=O) groups is 1. The second-order valence-corrected chi connectivity index (χ2v) is 8.61. The molecule has 4 nitrogen and oxygen atoms in total. The van der Waals surface area contributed by atoms with Gasteiger partial charge in [0.15, 0.2) is 11.6 Å². The summed E-state index contributed by atoms with van der Waals surface area (Å²) in [4.78, 5) is 15.4. The zero-order valence-electron chi connectivity index (χ0n) is 17.8. The molecule has 1 N–H and O–H groups in total. The molecule has 0 saturated carbocycles. The predicted octanol–water partition coefficient (Wildman–Crippen LogP) is 5.07. The van der Waals surface area contributed by atoms with Crippen LogP contribution in [0.3, 0.4) is 0 Å². The van der Waals surface area contributed by atoms with Crippen LogP contribution in [0.25, 0.3) is 0 Å². The van der Waals surface area contributed by atoms with Crippen molar-refractivity contribution < 1.29 is 31.5 Å². The minimum atomic E-state index is -4.61. The summed E-state index contributed by atoms with van der Waals surface area (Å²) < 4.78 is 72.6. The number of methoxy groups -OCH3 is 1. The van der Waals surface area contributed by atoms with Crippen LogP contribution in [0.1, 0.15) is 34.3 Å². The minimum Gasteiger partial charge on any atom is -0.496 e. The van der Waals surface area contributed by atoms with Gasteiger partial charge < -0.3 is 15.0 Å². The Kier molecular flexibility index (Phi) is 7.04. The molecule has 0 aromatic heterocycles. The number of nitrogens with zero attached hydrogens (tertiary/aromatic N) is 1. The first-order chi connectivity index (χ1) is 15.0. The molecule has 1 saturated heterocycles. The van der Waals surface area contributed by atoms with Gasteiger partial charge in [-0.25, -0.2) is 8.78 Å². The quantitative estimate of drug-likeness (QED) is 0.486. The van der Waals surface area contributed by atoms with Crippen LogP contribution in [0.5, 0.6) is 5.75 Å². The highest BCUT2D eigenvalue weighted by molar-refractivity contribution is 7.98. The number of ether oxygens (including phenoxy) is 1. The molecule has 0 bridgehead atoms. The lowest BCUT2D eigenvalue weighted by atomic mass is 9.82. The molecule has 0 aliphatic carbocycles. The highest BCUT2D eigenvalue weighted by atomic mass is 32.2. The van der Waals surface area contributed by atoms with Crippen molar-refractivity contribution in [3.63, 3.8) is 0 Å². The fraction of sp³-hybridized carbons (Fsp3) is 0.409. The summed E-state index contributed by atoms with van der Waals surface area (Å²) in [5.41, 5.74) is -1.64. The molecule has 1 atom stereocenters. The Bertz CT molecular complexity index is 989. The molecule has 174 valence electrons. The first-order valence-corrected chi connectivity index (χ1v) is 11.0. The number of thioether (sulfide) groups is 1. The maximum absolute atomic E-state index is 14.0. The summed E-state index contributed by atoms with van der Waals surface area (Å²) in [7, 11) is 3.03. The van der Waals surface area contributed by atoms with E-state index in [0.29, 0.717) is 24.9 Å². The highest BCUT2D eigenvalue weighted by Gasteiger charge is 2.40. The molecule has 1 aliphatic heterocycles. The summed E-state index contributed by atoms with van der Waals surface area (Å²) in [5.74, 6) is -2.92. The van der Waals surface area contributed by atoms with Crippen LogP contribution in [0, 0.1) is 11.6 Å². The van der Waals surface area contributed by atoms with E-state index < -0.39 is 34.8 Å². The second kappa shape index (κ2) is 9.27. The number of nitrogens with one attached hydrogen (secondary N) is 1. The van der Waals surface area contributed by atoms with Gasteiger partial charge >= 0.3 is 6.18 Å². The molecule has 32 heavy (non-hydrogen) atoms. The third-order valence-electron chi connectivity index (χ3n) is 5.57. The van der Waals surface area contributed by atoms with Crippen molar-refractivity contribution in [2.45, 2.75) is 29.5 Å². The smallest absolute Gasteiger partial charge is 0.416 e. The Morgan fingerprint density at radius 2 is 1.91 bits per heavy atom. The topological polar surface area (TPSA) is 41.6 Å². The maximum Gasteiger partial charge on any atom is 0.416 e. The van der Waals surface area contributed by atoms with Crippen molar-refractivity contribution in [2.75, 3.05) is 33.5 Å². The number of benzene rings is 2. The SMILES string of the molecule is COc1cc(C(F)(F)F)cc(SC)c1C(=O)NC1(c2ccc(F)c(F)c2)CCCN(C)C1. The Hall–Kier alpha value is -2.33. The van der Waals surface area contributed by atoms with Crippen molar-refractivity contribution in [3.05, 3.63) is 58.7 Å². The van der Waals surface area contributed by atoms with Crippen molar-refractivity contribution in [1.29, 1.82) is 0 Å². The molecule has 2 aromatic rings. The number of hydrogen-bond donors (Lipinski definition) is 1. The molecule has 0 spiro atoms. The Morgan fingerprint density at radius 3 is 2.47 bits per heavy atom. The zero-order valence-corrected chi connectivity index (χ0v) is 18.6. The third-order valence-corrected chi connectivity index (χ3v) is 6.33. The standard InChI is InChI=1S/C22H23F5N2O2S/c1-29-8-4-7-21(12-29,13-5-6-15(23)16(24)9-13)28-20(30)19-17(31-2)10-14(22(25,26)27)11-18(19)32-3/h5-6,9-11H,4,7-8,12H2,1-3H3,(H,28,30). The van der Waals surface area contributed by atoms with E-state index in [1.54, 1.807) is 6.26 Å². The van der Waals surface area contributed by atoms with Crippen LogP contribution in [0.2, 0.25) is 0 Å². The molecule has 10 heteroatoms. The molecular formula is C22H23F5N2O2S. The fourth-order valence-electron chi connectivity index (χ4n) is 4.05. The molecule has 1 amide bonds. The lowest BCUT2D eigenvalue weighted by molar-refractivity contribution is -0.137. The summed E-state index contributed by atoms with van der Waals surface area (Å²) in [6.07, 6.45) is -1.92. The van der Waals surface area contributed by atoms with Gasteiger partial charge in [-0.2, -0.15) is 13.2 Å². The van der Waals surface area contributed by atoms with Crippen LogP contribution in [0.4, 0.5) is 22.0 Å². The van der Waals surface area contributed by atoms with Crippen molar-refractivity contribution in [3.8, 4) is 5.75 Å². The highest BCUT2D eigenvalue weighted by Crippen LogP contribution is 2.39. The minimum absolute atomic E-state index is 0.0387. The van der Waals surface area contributed by atoms with Crippen LogP contribution < -0.4 is 10.1 Å². The van der Waals surface area contributed by atoms with Gasteiger partial charge in [-0.1, -0.05) is 6.07 Å². The van der Waals surface area contributed by atoms with Gasteiger partial charge in [-0.3, -0.25) is 4.79 Å². The molecule has 0 radical (unpaired) electrons. The average Bonchev–Trinajstić information content (AvgIpc) is 2.73. The fourth-order valence-corrected chi connectivity index (χ4v) is 4.69. The van der Waals surface area contributed by atoms with Gasteiger partial charge in [0.2, 0.25) is 0 Å². The van der Waals surface area contributed by atoms with Crippen molar-refractivity contribution in [2.24, 2.45) is 0 Å². The third kappa shape index (κ3) is 4.85. The maximum atomic E-state index is 14.0. The van der Waals surface area contributed by atoms with E-state index in [0.717, 1.165) is 42.6 Å². The van der Waals surface area contributed by atoms with Crippen LogP contribution in [-0.2, 0) is 11.7 Å². The van der Waals surface area contributed by atoms with Crippen LogP contribution >= 0.6 is 11.8 Å². The van der Waals surface area contributed by atoms with Gasteiger partial charge in [0, 0.05) is 11.4 Å².